The van der Waals surface area contributed by atoms with E-state index in [-0.39, 0.29) is 0 Å². The van der Waals surface area contributed by atoms with Gasteiger partial charge < -0.3 is 20.7 Å². The van der Waals surface area contributed by atoms with Crippen molar-refractivity contribution in [3.63, 3.8) is 0 Å². The molecule has 1 aliphatic heterocycles. The first-order valence-electron chi connectivity index (χ1n) is 13.7. The van der Waals surface area contributed by atoms with Gasteiger partial charge in [0, 0.05) is 34.8 Å². The first-order chi connectivity index (χ1) is 18.4. The molecular weight excluding hydrogens is 468 g/mol. The number of hydrogen-bond acceptors (Lipinski definition) is 5. The van der Waals surface area contributed by atoms with E-state index >= 15 is 0 Å². The van der Waals surface area contributed by atoms with E-state index < -0.39 is 0 Å². The number of hydrogen-bond donors (Lipinski definition) is 3. The summed E-state index contributed by atoms with van der Waals surface area (Å²) in [5.41, 5.74) is 5.90. The summed E-state index contributed by atoms with van der Waals surface area (Å²) in [4.78, 5) is 4.52. The van der Waals surface area contributed by atoms with Crippen molar-refractivity contribution in [1.82, 2.24) is 15.6 Å². The Labute approximate surface area is 230 Å². The number of nitrogens with zero attached hydrogens (tertiary/aromatic N) is 1. The number of aromatic nitrogens is 1. The number of anilines is 1. The van der Waals surface area contributed by atoms with Gasteiger partial charge in [0.15, 0.2) is 0 Å². The molecule has 38 heavy (non-hydrogen) atoms. The third kappa shape index (κ3) is 10.1. The minimum atomic E-state index is 0.446. The van der Waals surface area contributed by atoms with E-state index in [9.17, 15) is 0 Å². The zero-order valence-corrected chi connectivity index (χ0v) is 23.9. The third-order valence-corrected chi connectivity index (χ3v) is 6.19. The van der Waals surface area contributed by atoms with Gasteiger partial charge in [-0.05, 0) is 107 Å². The van der Waals surface area contributed by atoms with Gasteiger partial charge in [-0.3, -0.25) is 0 Å². The van der Waals surface area contributed by atoms with Crippen molar-refractivity contribution in [2.45, 2.75) is 66.3 Å². The summed E-state index contributed by atoms with van der Waals surface area (Å²) in [5, 5.41) is 10.4. The van der Waals surface area contributed by atoms with Crippen LogP contribution in [0.15, 0.2) is 108 Å². The second kappa shape index (κ2) is 17.0. The molecule has 0 spiro atoms. The molecule has 3 N–H and O–H groups in total. The van der Waals surface area contributed by atoms with Crippen LogP contribution in [-0.2, 0) is 4.74 Å². The van der Waals surface area contributed by atoms with Gasteiger partial charge in [0.2, 0.25) is 0 Å². The fraction of sp³-hybridized carbons (Fsp3) is 0.364. The van der Waals surface area contributed by atoms with Crippen molar-refractivity contribution in [2.24, 2.45) is 0 Å². The molecule has 0 aromatic carbocycles. The Morgan fingerprint density at radius 2 is 1.87 bits per heavy atom. The number of pyridine rings is 1. The standard InChI is InChI=1S/C33H46N4O/c1-8-13-21-38-32(12-5)28(11-4)23-30(27(10-3)14-9-2)22-25(6)36-26(7)29-15-20-35-33(24-29)37-31-16-18-34-19-17-31/h10-15,20-24,31,34,36H,3,7-9,16-19H2,1-2,4-6H3,(H,35,37)/b21-13+,25-22+,27-14+,28-11+,30-23-,32-12-. The molecule has 5 nitrogen and oxygen atoms in total. The monoisotopic (exact) mass is 514 g/mol. The van der Waals surface area contributed by atoms with Gasteiger partial charge in [0.25, 0.3) is 0 Å². The minimum Gasteiger partial charge on any atom is -0.465 e. The summed E-state index contributed by atoms with van der Waals surface area (Å²) in [5.74, 6) is 1.69. The van der Waals surface area contributed by atoms with Crippen LogP contribution in [0.1, 0.15) is 65.9 Å². The van der Waals surface area contributed by atoms with Crippen molar-refractivity contribution in [3.05, 3.63) is 114 Å². The molecule has 1 fully saturated rings. The maximum Gasteiger partial charge on any atom is 0.129 e. The number of ether oxygens (including phenoxy) is 1. The van der Waals surface area contributed by atoms with Crippen LogP contribution in [0.5, 0.6) is 0 Å². The van der Waals surface area contributed by atoms with Crippen LogP contribution in [0.4, 0.5) is 5.82 Å². The van der Waals surface area contributed by atoms with E-state index in [0.717, 1.165) is 84.0 Å². The molecule has 2 heterocycles. The summed E-state index contributed by atoms with van der Waals surface area (Å²) >= 11 is 0. The van der Waals surface area contributed by atoms with Crippen molar-refractivity contribution in [3.8, 4) is 0 Å². The number of allylic oxidation sites excluding steroid dienone is 10. The minimum absolute atomic E-state index is 0.446. The van der Waals surface area contributed by atoms with Crippen LogP contribution in [0, 0.1) is 0 Å². The first-order valence-corrected chi connectivity index (χ1v) is 13.7. The summed E-state index contributed by atoms with van der Waals surface area (Å²) in [6.45, 7) is 20.7. The number of piperidine rings is 1. The maximum atomic E-state index is 5.91. The van der Waals surface area contributed by atoms with Gasteiger partial charge in [-0.15, -0.1) is 0 Å². The summed E-state index contributed by atoms with van der Waals surface area (Å²) in [6.07, 6.45) is 22.0. The molecule has 1 aliphatic rings. The molecule has 0 saturated carbocycles. The van der Waals surface area contributed by atoms with Crippen LogP contribution in [-0.4, -0.2) is 24.1 Å². The molecule has 204 valence electrons. The van der Waals surface area contributed by atoms with Gasteiger partial charge in [0.05, 0.1) is 6.26 Å². The Hall–Kier alpha value is -3.57. The van der Waals surface area contributed by atoms with Crippen LogP contribution in [0.3, 0.4) is 0 Å². The van der Waals surface area contributed by atoms with E-state index in [4.69, 9.17) is 4.74 Å². The predicted octanol–water partition coefficient (Wildman–Crippen LogP) is 7.95. The summed E-state index contributed by atoms with van der Waals surface area (Å²) in [6, 6.07) is 4.49. The van der Waals surface area contributed by atoms with Gasteiger partial charge in [-0.25, -0.2) is 4.98 Å². The average molecular weight is 515 g/mol. The van der Waals surface area contributed by atoms with Gasteiger partial charge in [-0.1, -0.05) is 45.2 Å². The van der Waals surface area contributed by atoms with Crippen LogP contribution < -0.4 is 16.0 Å². The van der Waals surface area contributed by atoms with Crippen molar-refractivity contribution in [1.29, 1.82) is 0 Å². The van der Waals surface area contributed by atoms with E-state index in [1.54, 1.807) is 6.26 Å². The highest BCUT2D eigenvalue weighted by molar-refractivity contribution is 5.66. The van der Waals surface area contributed by atoms with Gasteiger partial charge >= 0.3 is 0 Å². The van der Waals surface area contributed by atoms with E-state index in [1.807, 2.05) is 51.3 Å². The Morgan fingerprint density at radius 3 is 2.50 bits per heavy atom. The highest BCUT2D eigenvalue weighted by Crippen LogP contribution is 2.23. The molecule has 0 amide bonds. The molecular formula is C33H46N4O. The van der Waals surface area contributed by atoms with Gasteiger partial charge in [-0.2, -0.15) is 0 Å². The normalized spacial score (nSPS) is 16.5. The van der Waals surface area contributed by atoms with E-state index in [2.05, 4.69) is 78.3 Å². The SMILES string of the molecule is C=CC(=C\CC)/C(=C\C(=C/C)C(=C\C)\O/C=C/CC)/C=C(\C)NC(=C)c1ccnc(NC2CCNCC2)c1. The highest BCUT2D eigenvalue weighted by Gasteiger charge is 2.13. The largest absolute Gasteiger partial charge is 0.465 e. The van der Waals surface area contributed by atoms with E-state index in [1.165, 1.54) is 0 Å². The Bertz CT molecular complexity index is 1110. The fourth-order valence-electron chi connectivity index (χ4n) is 4.18. The maximum absolute atomic E-state index is 5.91. The quantitative estimate of drug-likeness (QED) is 0.174. The zero-order valence-electron chi connectivity index (χ0n) is 23.9. The van der Waals surface area contributed by atoms with Crippen molar-refractivity contribution in [2.75, 3.05) is 18.4 Å². The lowest BCUT2D eigenvalue weighted by atomic mass is 9.99. The molecule has 0 bridgehead atoms. The number of rotatable bonds is 14. The second-order valence-corrected chi connectivity index (χ2v) is 9.20. The summed E-state index contributed by atoms with van der Waals surface area (Å²) in [7, 11) is 0. The molecule has 0 radical (unpaired) electrons. The van der Waals surface area contributed by atoms with Crippen LogP contribution in [0.25, 0.3) is 5.70 Å². The Kier molecular flexibility index (Phi) is 13.7. The Morgan fingerprint density at radius 1 is 1.11 bits per heavy atom. The molecule has 1 aromatic rings. The second-order valence-electron chi connectivity index (χ2n) is 9.20. The predicted molar refractivity (Wildman–Crippen MR) is 164 cm³/mol. The smallest absolute Gasteiger partial charge is 0.129 e. The highest BCUT2D eigenvalue weighted by atomic mass is 16.5. The molecule has 1 aromatic heterocycles. The van der Waals surface area contributed by atoms with Gasteiger partial charge in [0.1, 0.15) is 11.6 Å². The van der Waals surface area contributed by atoms with E-state index in [0.29, 0.717) is 6.04 Å². The lowest BCUT2D eigenvalue weighted by Crippen LogP contribution is -2.35. The van der Waals surface area contributed by atoms with Crippen molar-refractivity contribution >= 4 is 11.5 Å². The third-order valence-electron chi connectivity index (χ3n) is 6.19. The average Bonchev–Trinajstić information content (AvgIpc) is 2.93. The van der Waals surface area contributed by atoms with Crippen molar-refractivity contribution < 1.29 is 4.74 Å². The van der Waals surface area contributed by atoms with Crippen LogP contribution >= 0.6 is 0 Å². The molecule has 0 unspecified atom stereocenters. The molecule has 0 atom stereocenters. The number of nitrogens with one attached hydrogen (secondary N) is 3. The van der Waals surface area contributed by atoms with Crippen LogP contribution in [0.2, 0.25) is 0 Å². The summed E-state index contributed by atoms with van der Waals surface area (Å²) < 4.78 is 5.91. The lowest BCUT2D eigenvalue weighted by molar-refractivity contribution is 0.361. The molecule has 0 aliphatic carbocycles. The zero-order chi connectivity index (χ0) is 27.8. The fourth-order valence-corrected chi connectivity index (χ4v) is 4.18. The Balaban J connectivity index is 2.28. The first kappa shape index (κ1) is 30.7. The lowest BCUT2D eigenvalue weighted by Gasteiger charge is -2.24. The molecule has 1 saturated heterocycles. The molecule has 5 heteroatoms. The topological polar surface area (TPSA) is 58.2 Å². The molecule has 2 rings (SSSR count).